The zero-order chi connectivity index (χ0) is 9.14. The van der Waals surface area contributed by atoms with Crippen LogP contribution in [-0.2, 0) is 9.53 Å². The second kappa shape index (κ2) is 4.61. The van der Waals surface area contributed by atoms with E-state index in [0.29, 0.717) is 12.5 Å². The molecule has 1 saturated carbocycles. The molecule has 1 aliphatic rings. The summed E-state index contributed by atoms with van der Waals surface area (Å²) in [6.07, 6.45) is 2.44. The average Bonchev–Trinajstić information content (AvgIpc) is 2.84. The van der Waals surface area contributed by atoms with Gasteiger partial charge >= 0.3 is 5.97 Å². The molecule has 0 aromatic rings. The highest BCUT2D eigenvalue weighted by atomic mass is 79.9. The third kappa shape index (κ3) is 2.73. The lowest BCUT2D eigenvalue weighted by atomic mass is 10.2. The minimum atomic E-state index is -0.190. The van der Waals surface area contributed by atoms with E-state index in [0.717, 1.165) is 0 Å². The summed E-state index contributed by atoms with van der Waals surface area (Å²) in [5, 5.41) is 0. The van der Waals surface area contributed by atoms with Gasteiger partial charge in [-0.2, -0.15) is 0 Å². The molecular formula is C8H12Br2O2. The molecular weight excluding hydrogens is 288 g/mol. The summed E-state index contributed by atoms with van der Waals surface area (Å²) in [4.78, 5) is 11.3. The topological polar surface area (TPSA) is 26.3 Å². The van der Waals surface area contributed by atoms with Crippen molar-refractivity contribution in [3.05, 3.63) is 0 Å². The summed E-state index contributed by atoms with van der Waals surface area (Å²) >= 11 is 6.82. The van der Waals surface area contributed by atoms with Gasteiger partial charge in [-0.3, -0.25) is 4.79 Å². The van der Waals surface area contributed by atoms with E-state index >= 15 is 0 Å². The molecule has 0 aromatic heterocycles. The third-order valence-electron chi connectivity index (χ3n) is 1.86. The summed E-state index contributed by atoms with van der Waals surface area (Å²) in [5.74, 6) is 0.491. The summed E-state index contributed by atoms with van der Waals surface area (Å²) < 4.78 is 4.89. The standard InChI is InChI=1S/C8H12Br2O2/c1-2-12-8(11)7(10)6(9)5-3-4-5/h5-7H,2-4H2,1H3. The van der Waals surface area contributed by atoms with Crippen molar-refractivity contribution in [3.8, 4) is 0 Å². The van der Waals surface area contributed by atoms with Gasteiger partial charge in [0.25, 0.3) is 0 Å². The van der Waals surface area contributed by atoms with E-state index in [1.807, 2.05) is 6.92 Å². The fourth-order valence-corrected chi connectivity index (χ4v) is 2.31. The second-order valence-electron chi connectivity index (χ2n) is 2.94. The van der Waals surface area contributed by atoms with Crippen molar-refractivity contribution >= 4 is 37.8 Å². The summed E-state index contributed by atoms with van der Waals surface area (Å²) in [7, 11) is 0. The molecule has 1 fully saturated rings. The number of carbonyl (C=O) groups is 1. The Labute approximate surface area is 89.3 Å². The van der Waals surface area contributed by atoms with Gasteiger partial charge < -0.3 is 4.74 Å². The van der Waals surface area contributed by atoms with Gasteiger partial charge in [0.2, 0.25) is 0 Å². The minimum Gasteiger partial charge on any atom is -0.465 e. The lowest BCUT2D eigenvalue weighted by Crippen LogP contribution is -2.27. The van der Waals surface area contributed by atoms with Crippen LogP contribution in [0.5, 0.6) is 0 Å². The summed E-state index contributed by atoms with van der Waals surface area (Å²) in [5.41, 5.74) is 0. The second-order valence-corrected chi connectivity index (χ2v) is 4.98. The predicted molar refractivity (Wildman–Crippen MR) is 54.8 cm³/mol. The summed E-state index contributed by atoms with van der Waals surface area (Å²) in [6.45, 7) is 2.27. The number of rotatable bonds is 4. The van der Waals surface area contributed by atoms with Gasteiger partial charge in [-0.15, -0.1) is 0 Å². The largest absolute Gasteiger partial charge is 0.465 e. The van der Waals surface area contributed by atoms with Crippen molar-refractivity contribution in [2.75, 3.05) is 6.61 Å². The average molecular weight is 300 g/mol. The molecule has 0 N–H and O–H groups in total. The van der Waals surface area contributed by atoms with Crippen LogP contribution in [0, 0.1) is 5.92 Å². The smallest absolute Gasteiger partial charge is 0.320 e. The van der Waals surface area contributed by atoms with Crippen molar-refractivity contribution in [3.63, 3.8) is 0 Å². The third-order valence-corrected chi connectivity index (χ3v) is 4.79. The van der Waals surface area contributed by atoms with Crippen LogP contribution >= 0.6 is 31.9 Å². The van der Waals surface area contributed by atoms with Crippen LogP contribution in [0.2, 0.25) is 0 Å². The Kier molecular flexibility index (Phi) is 4.03. The molecule has 4 heteroatoms. The highest BCUT2D eigenvalue weighted by Gasteiger charge is 2.37. The Morgan fingerprint density at radius 1 is 1.58 bits per heavy atom. The molecule has 12 heavy (non-hydrogen) atoms. The van der Waals surface area contributed by atoms with Crippen molar-refractivity contribution in [2.24, 2.45) is 5.92 Å². The van der Waals surface area contributed by atoms with Gasteiger partial charge in [-0.25, -0.2) is 0 Å². The summed E-state index contributed by atoms with van der Waals surface area (Å²) in [6, 6.07) is 0. The first-order valence-electron chi connectivity index (χ1n) is 4.11. The van der Waals surface area contributed by atoms with E-state index in [1.165, 1.54) is 12.8 Å². The first-order chi connectivity index (χ1) is 5.66. The van der Waals surface area contributed by atoms with Gasteiger partial charge in [0, 0.05) is 4.83 Å². The van der Waals surface area contributed by atoms with E-state index in [-0.39, 0.29) is 15.6 Å². The van der Waals surface area contributed by atoms with Gasteiger partial charge in [0.15, 0.2) is 0 Å². The highest BCUT2D eigenvalue weighted by molar-refractivity contribution is 9.12. The number of carbonyl (C=O) groups excluding carboxylic acids is 1. The number of hydrogen-bond acceptors (Lipinski definition) is 2. The van der Waals surface area contributed by atoms with Crippen LogP contribution in [0.3, 0.4) is 0 Å². The Morgan fingerprint density at radius 2 is 2.17 bits per heavy atom. The van der Waals surface area contributed by atoms with E-state index in [4.69, 9.17) is 4.74 Å². The van der Waals surface area contributed by atoms with Crippen molar-refractivity contribution in [1.82, 2.24) is 0 Å². The van der Waals surface area contributed by atoms with Gasteiger partial charge in [0.05, 0.1) is 6.61 Å². The molecule has 70 valence electrons. The van der Waals surface area contributed by atoms with E-state index in [2.05, 4.69) is 31.9 Å². The zero-order valence-corrected chi connectivity index (χ0v) is 10.1. The maximum absolute atomic E-state index is 11.2. The Morgan fingerprint density at radius 3 is 2.58 bits per heavy atom. The fraction of sp³-hybridized carbons (Fsp3) is 0.875. The number of hydrogen-bond donors (Lipinski definition) is 0. The van der Waals surface area contributed by atoms with Crippen molar-refractivity contribution in [1.29, 1.82) is 0 Å². The lowest BCUT2D eigenvalue weighted by Gasteiger charge is -2.13. The zero-order valence-electron chi connectivity index (χ0n) is 6.93. The van der Waals surface area contributed by atoms with Crippen LogP contribution in [0.1, 0.15) is 19.8 Å². The van der Waals surface area contributed by atoms with E-state index in [1.54, 1.807) is 0 Å². The molecule has 0 spiro atoms. The Hall–Kier alpha value is 0.430. The van der Waals surface area contributed by atoms with Crippen LogP contribution in [-0.4, -0.2) is 22.2 Å². The van der Waals surface area contributed by atoms with Gasteiger partial charge in [-0.05, 0) is 25.7 Å². The molecule has 2 atom stereocenters. The molecule has 1 rings (SSSR count). The predicted octanol–water partition coefficient (Wildman–Crippen LogP) is 2.49. The monoisotopic (exact) mass is 298 g/mol. The van der Waals surface area contributed by atoms with Crippen molar-refractivity contribution < 1.29 is 9.53 Å². The molecule has 0 heterocycles. The molecule has 0 saturated heterocycles. The number of ether oxygens (including phenoxy) is 1. The first-order valence-corrected chi connectivity index (χ1v) is 5.94. The van der Waals surface area contributed by atoms with Crippen LogP contribution in [0.15, 0.2) is 0 Å². The number of esters is 1. The SMILES string of the molecule is CCOC(=O)C(Br)C(Br)C1CC1. The normalized spacial score (nSPS) is 21.6. The van der Waals surface area contributed by atoms with Crippen LogP contribution in [0.4, 0.5) is 0 Å². The lowest BCUT2D eigenvalue weighted by molar-refractivity contribution is -0.142. The van der Waals surface area contributed by atoms with Gasteiger partial charge in [-0.1, -0.05) is 31.9 Å². The van der Waals surface area contributed by atoms with Crippen LogP contribution in [0.25, 0.3) is 0 Å². The molecule has 0 amide bonds. The van der Waals surface area contributed by atoms with Crippen molar-refractivity contribution in [2.45, 2.75) is 29.4 Å². The minimum absolute atomic E-state index is 0.161. The van der Waals surface area contributed by atoms with E-state index in [9.17, 15) is 4.79 Å². The molecule has 1 aliphatic carbocycles. The molecule has 0 bridgehead atoms. The number of alkyl halides is 2. The Balaban J connectivity index is 2.33. The molecule has 2 unspecified atom stereocenters. The quantitative estimate of drug-likeness (QED) is 0.589. The molecule has 2 nitrogen and oxygen atoms in total. The molecule has 0 radical (unpaired) electrons. The van der Waals surface area contributed by atoms with Crippen LogP contribution < -0.4 is 0 Å². The maximum Gasteiger partial charge on any atom is 0.320 e. The maximum atomic E-state index is 11.2. The van der Waals surface area contributed by atoms with Gasteiger partial charge in [0.1, 0.15) is 4.83 Å². The Bertz CT molecular complexity index is 168. The highest BCUT2D eigenvalue weighted by Crippen LogP contribution is 2.40. The fourth-order valence-electron chi connectivity index (χ4n) is 1.01. The van der Waals surface area contributed by atoms with E-state index < -0.39 is 0 Å². The molecule has 0 aromatic carbocycles. The molecule has 0 aliphatic heterocycles. The first kappa shape index (κ1) is 10.5. The number of halogens is 2.